The topological polar surface area (TPSA) is 72.5 Å². The lowest BCUT2D eigenvalue weighted by Crippen LogP contribution is -2.48. The molecule has 6 heteroatoms. The molecule has 0 aromatic carbocycles. The highest BCUT2D eigenvalue weighted by molar-refractivity contribution is 7.90. The minimum Gasteiger partial charge on any atom is -0.378 e. The predicted molar refractivity (Wildman–Crippen MR) is 81.2 cm³/mol. The molecule has 0 unspecified atom stereocenters. The van der Waals surface area contributed by atoms with Crippen molar-refractivity contribution in [3.63, 3.8) is 0 Å². The summed E-state index contributed by atoms with van der Waals surface area (Å²) in [6, 6.07) is 0. The van der Waals surface area contributed by atoms with E-state index in [0.29, 0.717) is 23.7 Å². The molecule has 0 atom stereocenters. The summed E-state index contributed by atoms with van der Waals surface area (Å²) in [6.07, 6.45) is 4.61. The van der Waals surface area contributed by atoms with Crippen molar-refractivity contribution in [2.75, 3.05) is 13.2 Å². The molecule has 0 aromatic rings. The van der Waals surface area contributed by atoms with Gasteiger partial charge in [-0.05, 0) is 42.9 Å². The number of rotatable bonds is 4. The van der Waals surface area contributed by atoms with Gasteiger partial charge in [0, 0.05) is 6.42 Å². The molecule has 1 saturated heterocycles. The number of nitrogens with one attached hydrogen (secondary N) is 1. The van der Waals surface area contributed by atoms with Gasteiger partial charge in [0.25, 0.3) is 0 Å². The smallest absolute Gasteiger partial charge is 0.242 e. The van der Waals surface area contributed by atoms with Crippen LogP contribution in [-0.4, -0.2) is 32.8 Å². The third-order valence-electron chi connectivity index (χ3n) is 4.85. The van der Waals surface area contributed by atoms with Crippen LogP contribution in [0, 0.1) is 17.3 Å². The van der Waals surface area contributed by atoms with Crippen LogP contribution in [0.4, 0.5) is 0 Å². The van der Waals surface area contributed by atoms with E-state index in [4.69, 9.17) is 4.74 Å². The van der Waals surface area contributed by atoms with Crippen molar-refractivity contribution in [1.29, 1.82) is 0 Å². The van der Waals surface area contributed by atoms with E-state index in [-0.39, 0.29) is 19.1 Å². The Labute approximate surface area is 127 Å². The molecule has 2 aliphatic rings. The molecule has 5 nitrogen and oxygen atoms in total. The van der Waals surface area contributed by atoms with Crippen LogP contribution in [0.1, 0.15) is 52.9 Å². The van der Waals surface area contributed by atoms with Crippen LogP contribution < -0.4 is 4.72 Å². The average molecular weight is 317 g/mol. The molecule has 1 saturated carbocycles. The summed E-state index contributed by atoms with van der Waals surface area (Å²) in [6.45, 7) is 7.17. The first-order valence-electron chi connectivity index (χ1n) is 7.80. The normalized spacial score (nSPS) is 28.0. The molecule has 0 spiro atoms. The molecule has 2 rings (SSSR count). The summed E-state index contributed by atoms with van der Waals surface area (Å²) in [5.41, 5.74) is 0.320. The van der Waals surface area contributed by atoms with E-state index >= 15 is 0 Å². The van der Waals surface area contributed by atoms with Gasteiger partial charge >= 0.3 is 0 Å². The van der Waals surface area contributed by atoms with Gasteiger partial charge in [-0.1, -0.05) is 20.8 Å². The summed E-state index contributed by atoms with van der Waals surface area (Å²) in [5.74, 6) is 0.658. The largest absolute Gasteiger partial charge is 0.378 e. The lowest BCUT2D eigenvalue weighted by atomic mass is 9.69. The fourth-order valence-corrected chi connectivity index (χ4v) is 4.29. The quantitative estimate of drug-likeness (QED) is 0.861. The highest BCUT2D eigenvalue weighted by atomic mass is 32.2. The number of sulfonamides is 1. The van der Waals surface area contributed by atoms with Crippen LogP contribution in [-0.2, 0) is 19.6 Å². The maximum Gasteiger partial charge on any atom is 0.242 e. The molecule has 1 amide bonds. The zero-order chi connectivity index (χ0) is 15.7. The van der Waals surface area contributed by atoms with Crippen molar-refractivity contribution in [2.24, 2.45) is 17.3 Å². The van der Waals surface area contributed by atoms with E-state index in [1.807, 2.05) is 0 Å². The van der Waals surface area contributed by atoms with Crippen LogP contribution in [0.15, 0.2) is 0 Å². The monoisotopic (exact) mass is 317 g/mol. The number of carbonyl (C=O) groups excluding carboxylic acids is 1. The van der Waals surface area contributed by atoms with E-state index < -0.39 is 15.3 Å². The third-order valence-corrected chi connectivity index (χ3v) is 6.51. The van der Waals surface area contributed by atoms with E-state index in [1.165, 1.54) is 0 Å². The lowest BCUT2D eigenvalue weighted by molar-refractivity contribution is -0.120. The summed E-state index contributed by atoms with van der Waals surface area (Å²) in [5, 5.41) is -0.557. The minimum absolute atomic E-state index is 0.194. The van der Waals surface area contributed by atoms with Crippen molar-refractivity contribution >= 4 is 15.9 Å². The standard InChI is InChI=1S/C15H27NO4S/c1-15(2,3)12-6-4-11(5-7-12)8-14(17)16-21(18,19)13-9-20-10-13/h11-13H,4-10H2,1-3H3,(H,16,17). The minimum atomic E-state index is -3.53. The van der Waals surface area contributed by atoms with Crippen molar-refractivity contribution in [1.82, 2.24) is 4.72 Å². The molecule has 0 bridgehead atoms. The highest BCUT2D eigenvalue weighted by Crippen LogP contribution is 2.40. The first-order chi connectivity index (χ1) is 9.68. The first kappa shape index (κ1) is 16.7. The molecule has 21 heavy (non-hydrogen) atoms. The Balaban J connectivity index is 1.77. The summed E-state index contributed by atoms with van der Waals surface area (Å²) in [4.78, 5) is 11.9. The number of ether oxygens (including phenoxy) is 1. The van der Waals surface area contributed by atoms with Gasteiger partial charge in [0.05, 0.1) is 13.2 Å². The van der Waals surface area contributed by atoms with Crippen LogP contribution in [0.2, 0.25) is 0 Å². The Hall–Kier alpha value is -0.620. The van der Waals surface area contributed by atoms with Gasteiger partial charge in [-0.2, -0.15) is 0 Å². The molecule has 0 radical (unpaired) electrons. The van der Waals surface area contributed by atoms with E-state index in [9.17, 15) is 13.2 Å². The number of carbonyl (C=O) groups is 1. The second-order valence-electron chi connectivity index (χ2n) is 7.52. The number of amides is 1. The molecule has 1 aliphatic carbocycles. The van der Waals surface area contributed by atoms with Gasteiger partial charge < -0.3 is 4.74 Å². The van der Waals surface area contributed by atoms with E-state index in [2.05, 4.69) is 25.5 Å². The molecule has 2 fully saturated rings. The third kappa shape index (κ3) is 4.42. The van der Waals surface area contributed by atoms with Gasteiger partial charge in [-0.15, -0.1) is 0 Å². The first-order valence-corrected chi connectivity index (χ1v) is 9.35. The molecular formula is C15H27NO4S. The summed E-state index contributed by atoms with van der Waals surface area (Å²) in [7, 11) is -3.53. The van der Waals surface area contributed by atoms with Gasteiger partial charge in [0.2, 0.25) is 15.9 Å². The Morgan fingerprint density at radius 3 is 2.14 bits per heavy atom. The zero-order valence-electron chi connectivity index (χ0n) is 13.2. The average Bonchev–Trinajstić information content (AvgIpc) is 2.23. The lowest BCUT2D eigenvalue weighted by Gasteiger charge is -2.36. The molecule has 1 heterocycles. The Kier molecular flexibility index (Phi) is 4.98. The second-order valence-corrected chi connectivity index (χ2v) is 9.48. The fraction of sp³-hybridized carbons (Fsp3) is 0.933. The SMILES string of the molecule is CC(C)(C)C1CCC(CC(=O)NS(=O)(=O)C2COC2)CC1. The van der Waals surface area contributed by atoms with E-state index in [0.717, 1.165) is 25.7 Å². The molecular weight excluding hydrogens is 290 g/mol. The van der Waals surface area contributed by atoms with Crippen molar-refractivity contribution in [2.45, 2.75) is 58.1 Å². The Morgan fingerprint density at radius 2 is 1.71 bits per heavy atom. The number of hydrogen-bond acceptors (Lipinski definition) is 4. The molecule has 122 valence electrons. The maximum absolute atomic E-state index is 11.9. The zero-order valence-corrected chi connectivity index (χ0v) is 14.0. The van der Waals surface area contributed by atoms with Crippen LogP contribution >= 0.6 is 0 Å². The van der Waals surface area contributed by atoms with Crippen LogP contribution in [0.5, 0.6) is 0 Å². The predicted octanol–water partition coefficient (Wildman–Crippen LogP) is 2.07. The van der Waals surface area contributed by atoms with E-state index in [1.54, 1.807) is 0 Å². The van der Waals surface area contributed by atoms with Crippen LogP contribution in [0.25, 0.3) is 0 Å². The molecule has 1 aliphatic heterocycles. The van der Waals surface area contributed by atoms with Gasteiger partial charge in [-0.25, -0.2) is 8.42 Å². The summed E-state index contributed by atoms with van der Waals surface area (Å²) < 4.78 is 30.7. The molecule has 0 aromatic heterocycles. The van der Waals surface area contributed by atoms with Crippen molar-refractivity contribution < 1.29 is 17.9 Å². The second kappa shape index (κ2) is 6.24. The highest BCUT2D eigenvalue weighted by Gasteiger charge is 2.35. The van der Waals surface area contributed by atoms with Crippen molar-refractivity contribution in [3.8, 4) is 0 Å². The van der Waals surface area contributed by atoms with Crippen molar-refractivity contribution in [3.05, 3.63) is 0 Å². The van der Waals surface area contributed by atoms with Gasteiger partial charge in [0.15, 0.2) is 0 Å². The number of hydrogen-bond donors (Lipinski definition) is 1. The molecule has 1 N–H and O–H groups in total. The Morgan fingerprint density at radius 1 is 1.14 bits per heavy atom. The van der Waals surface area contributed by atoms with Crippen LogP contribution in [0.3, 0.4) is 0 Å². The van der Waals surface area contributed by atoms with Gasteiger partial charge in [-0.3, -0.25) is 9.52 Å². The fourth-order valence-electron chi connectivity index (χ4n) is 3.17. The maximum atomic E-state index is 11.9. The Bertz CT molecular complexity index is 468. The summed E-state index contributed by atoms with van der Waals surface area (Å²) >= 11 is 0. The van der Waals surface area contributed by atoms with Gasteiger partial charge in [0.1, 0.15) is 5.25 Å².